The molecule has 2 unspecified atom stereocenters. The Morgan fingerprint density at radius 2 is 1.69 bits per heavy atom. The smallest absolute Gasteiger partial charge is 0.403 e. The van der Waals surface area contributed by atoms with Crippen LogP contribution in [0.2, 0.25) is 0 Å². The Balaban J connectivity index is 4.27. The first-order valence-electron chi connectivity index (χ1n) is 4.74. The van der Waals surface area contributed by atoms with E-state index in [1.807, 2.05) is 0 Å². The highest BCUT2D eigenvalue weighted by molar-refractivity contribution is 5.75. The van der Waals surface area contributed by atoms with Gasteiger partial charge in [-0.25, -0.2) is 0 Å². The predicted molar refractivity (Wildman–Crippen MR) is 52.5 cm³/mol. The Morgan fingerprint density at radius 1 is 1.25 bits per heavy atom. The van der Waals surface area contributed by atoms with E-state index in [0.29, 0.717) is 0 Å². The van der Waals surface area contributed by atoms with E-state index in [4.69, 9.17) is 16.2 Å². The molecule has 0 aromatic rings. The quantitative estimate of drug-likeness (QED) is 0.722. The van der Waals surface area contributed by atoms with Gasteiger partial charge in [-0.2, -0.15) is 13.2 Å². The molecule has 0 rings (SSSR count). The zero-order valence-corrected chi connectivity index (χ0v) is 9.47. The molecule has 0 heterocycles. The number of alkyl halides is 3. The maximum atomic E-state index is 12.1. The van der Waals surface area contributed by atoms with Crippen molar-refractivity contribution >= 4 is 5.97 Å². The van der Waals surface area contributed by atoms with Crippen LogP contribution in [-0.4, -0.2) is 29.8 Å². The molecule has 0 spiro atoms. The van der Waals surface area contributed by atoms with E-state index in [9.17, 15) is 18.0 Å². The fraction of sp³-hybridized carbons (Fsp3) is 0.889. The number of hydrogen-bond donors (Lipinski definition) is 2. The second kappa shape index (κ2) is 5.01. The lowest BCUT2D eigenvalue weighted by molar-refractivity contribution is -0.162. The number of nitrogens with two attached hydrogens (primary N) is 2. The van der Waals surface area contributed by atoms with Crippen LogP contribution in [0.1, 0.15) is 27.2 Å². The highest BCUT2D eigenvalue weighted by Crippen LogP contribution is 2.21. The zero-order chi connectivity index (χ0) is 13.1. The molecular weight excluding hydrogens is 225 g/mol. The van der Waals surface area contributed by atoms with Crippen LogP contribution in [0.25, 0.3) is 0 Å². The van der Waals surface area contributed by atoms with Crippen LogP contribution in [0.5, 0.6) is 0 Å². The summed E-state index contributed by atoms with van der Waals surface area (Å²) < 4.78 is 41.1. The van der Waals surface area contributed by atoms with Gasteiger partial charge in [-0.3, -0.25) is 4.79 Å². The Labute approximate surface area is 92.1 Å². The predicted octanol–water partition coefficient (Wildman–Crippen LogP) is 0.935. The molecule has 0 bridgehead atoms. The van der Waals surface area contributed by atoms with Crippen LogP contribution in [0, 0.1) is 0 Å². The molecule has 0 amide bonds. The van der Waals surface area contributed by atoms with Crippen molar-refractivity contribution in [2.24, 2.45) is 11.5 Å². The van der Waals surface area contributed by atoms with Crippen LogP contribution < -0.4 is 11.5 Å². The molecule has 0 saturated heterocycles. The first kappa shape index (κ1) is 15.2. The molecule has 7 heteroatoms. The van der Waals surface area contributed by atoms with Crippen LogP contribution in [0.3, 0.4) is 0 Å². The summed E-state index contributed by atoms with van der Waals surface area (Å²) in [5, 5.41) is 0. The van der Waals surface area contributed by atoms with Crippen LogP contribution in [0.4, 0.5) is 13.2 Å². The van der Waals surface area contributed by atoms with Gasteiger partial charge in [0.2, 0.25) is 0 Å². The molecule has 0 aliphatic rings. The summed E-state index contributed by atoms with van der Waals surface area (Å²) >= 11 is 0. The van der Waals surface area contributed by atoms with Gasteiger partial charge in [0.1, 0.15) is 17.7 Å². The average molecular weight is 242 g/mol. The van der Waals surface area contributed by atoms with Crippen molar-refractivity contribution in [1.82, 2.24) is 0 Å². The van der Waals surface area contributed by atoms with Gasteiger partial charge >= 0.3 is 12.1 Å². The van der Waals surface area contributed by atoms with E-state index in [2.05, 4.69) is 0 Å². The van der Waals surface area contributed by atoms with Gasteiger partial charge in [-0.15, -0.1) is 0 Å². The van der Waals surface area contributed by atoms with Crippen molar-refractivity contribution in [3.8, 4) is 0 Å². The standard InChI is InChI=1S/C9H17F3N2O2/c1-8(2,3)16-7(15)5(13)4-6(14)9(10,11)12/h5-6H,4,13-14H2,1-3H3. The maximum absolute atomic E-state index is 12.1. The minimum Gasteiger partial charge on any atom is -0.459 e. The van der Waals surface area contributed by atoms with Crippen LogP contribution in [-0.2, 0) is 9.53 Å². The number of halogens is 3. The summed E-state index contributed by atoms with van der Waals surface area (Å²) in [6.45, 7) is 4.80. The number of esters is 1. The molecule has 0 aliphatic carbocycles. The molecule has 0 aromatic heterocycles. The second-order valence-electron chi connectivity index (χ2n) is 4.52. The minimum absolute atomic E-state index is 0.682. The lowest BCUT2D eigenvalue weighted by atomic mass is 10.1. The van der Waals surface area contributed by atoms with E-state index in [-0.39, 0.29) is 0 Å². The van der Waals surface area contributed by atoms with E-state index in [1.165, 1.54) is 0 Å². The van der Waals surface area contributed by atoms with Gasteiger partial charge in [-0.05, 0) is 27.2 Å². The second-order valence-corrected chi connectivity index (χ2v) is 4.52. The van der Waals surface area contributed by atoms with Gasteiger partial charge in [0.25, 0.3) is 0 Å². The Hall–Kier alpha value is -0.820. The lowest BCUT2D eigenvalue weighted by Crippen LogP contribution is -2.46. The lowest BCUT2D eigenvalue weighted by Gasteiger charge is -2.24. The number of carbonyl (C=O) groups is 1. The third-order valence-electron chi connectivity index (χ3n) is 1.64. The van der Waals surface area contributed by atoms with Crippen molar-refractivity contribution < 1.29 is 22.7 Å². The normalized spacial score (nSPS) is 16.8. The largest absolute Gasteiger partial charge is 0.459 e. The third kappa shape index (κ3) is 5.92. The molecule has 4 nitrogen and oxygen atoms in total. The van der Waals surface area contributed by atoms with Gasteiger partial charge < -0.3 is 16.2 Å². The number of ether oxygens (including phenoxy) is 1. The maximum Gasteiger partial charge on any atom is 0.403 e. The van der Waals surface area contributed by atoms with Crippen molar-refractivity contribution in [1.29, 1.82) is 0 Å². The number of carbonyl (C=O) groups excluding carboxylic acids is 1. The fourth-order valence-electron chi connectivity index (χ4n) is 0.881. The molecule has 4 N–H and O–H groups in total. The molecule has 2 atom stereocenters. The zero-order valence-electron chi connectivity index (χ0n) is 9.47. The molecule has 0 aliphatic heterocycles. The first-order chi connectivity index (χ1) is 6.93. The van der Waals surface area contributed by atoms with Gasteiger partial charge in [0, 0.05) is 0 Å². The number of hydrogen-bond acceptors (Lipinski definition) is 4. The average Bonchev–Trinajstić information content (AvgIpc) is 1.98. The summed E-state index contributed by atoms with van der Waals surface area (Å²) in [7, 11) is 0. The molecule has 16 heavy (non-hydrogen) atoms. The highest BCUT2D eigenvalue weighted by Gasteiger charge is 2.39. The Bertz CT molecular complexity index is 248. The minimum atomic E-state index is -4.56. The molecule has 0 saturated carbocycles. The summed E-state index contributed by atoms with van der Waals surface area (Å²) in [6, 6.07) is -3.48. The van der Waals surface area contributed by atoms with Crippen molar-refractivity contribution in [2.75, 3.05) is 0 Å². The van der Waals surface area contributed by atoms with Gasteiger partial charge in [0.05, 0.1) is 0 Å². The summed E-state index contributed by atoms with van der Waals surface area (Å²) in [6.07, 6.45) is -5.24. The van der Waals surface area contributed by atoms with E-state index < -0.39 is 36.3 Å². The Kier molecular flexibility index (Phi) is 4.75. The molecule has 96 valence electrons. The van der Waals surface area contributed by atoms with Crippen molar-refractivity contribution in [2.45, 2.75) is 51.1 Å². The molecular formula is C9H17F3N2O2. The number of rotatable bonds is 3. The van der Waals surface area contributed by atoms with Crippen molar-refractivity contribution in [3.05, 3.63) is 0 Å². The monoisotopic (exact) mass is 242 g/mol. The van der Waals surface area contributed by atoms with E-state index in [0.717, 1.165) is 0 Å². The fourth-order valence-corrected chi connectivity index (χ4v) is 0.881. The van der Waals surface area contributed by atoms with E-state index in [1.54, 1.807) is 20.8 Å². The SMILES string of the molecule is CC(C)(C)OC(=O)C(N)CC(N)C(F)(F)F. The topological polar surface area (TPSA) is 78.3 Å². The van der Waals surface area contributed by atoms with Gasteiger partial charge in [0.15, 0.2) is 0 Å². The van der Waals surface area contributed by atoms with Gasteiger partial charge in [-0.1, -0.05) is 0 Å². The van der Waals surface area contributed by atoms with Crippen LogP contribution in [0.15, 0.2) is 0 Å². The molecule has 0 radical (unpaired) electrons. The summed E-state index contributed by atoms with van der Waals surface area (Å²) in [4.78, 5) is 11.3. The summed E-state index contributed by atoms with van der Waals surface area (Å²) in [5.74, 6) is -0.882. The summed E-state index contributed by atoms with van der Waals surface area (Å²) in [5.41, 5.74) is 9.33. The molecule has 0 fully saturated rings. The highest BCUT2D eigenvalue weighted by atomic mass is 19.4. The van der Waals surface area contributed by atoms with Crippen molar-refractivity contribution in [3.63, 3.8) is 0 Å². The van der Waals surface area contributed by atoms with E-state index >= 15 is 0 Å². The van der Waals surface area contributed by atoms with Crippen LogP contribution >= 0.6 is 0 Å². The third-order valence-corrected chi connectivity index (χ3v) is 1.64. The molecule has 0 aromatic carbocycles. The Morgan fingerprint density at radius 3 is 2.00 bits per heavy atom. The first-order valence-corrected chi connectivity index (χ1v) is 4.74.